The summed E-state index contributed by atoms with van der Waals surface area (Å²) >= 11 is 0. The number of nitrogens with one attached hydrogen (secondary N) is 1. The van der Waals surface area contributed by atoms with Crippen molar-refractivity contribution in [2.24, 2.45) is 0 Å². The summed E-state index contributed by atoms with van der Waals surface area (Å²) in [7, 11) is 1.52. The number of anilines is 1. The summed E-state index contributed by atoms with van der Waals surface area (Å²) < 4.78 is 49.1. The Morgan fingerprint density at radius 2 is 2.11 bits per heavy atom. The molecule has 3 nitrogen and oxygen atoms in total. The third-order valence-electron chi connectivity index (χ3n) is 3.15. The zero-order chi connectivity index (χ0) is 14.0. The van der Waals surface area contributed by atoms with E-state index in [2.05, 4.69) is 5.32 Å². The van der Waals surface area contributed by atoms with Crippen molar-refractivity contribution < 1.29 is 22.6 Å². The molecule has 2 atom stereocenters. The fraction of sp³-hybridized carbons (Fsp3) is 0.538. The van der Waals surface area contributed by atoms with Gasteiger partial charge in [-0.2, -0.15) is 13.2 Å². The number of methoxy groups -OCH3 is 1. The van der Waals surface area contributed by atoms with Gasteiger partial charge in [0, 0.05) is 24.3 Å². The summed E-state index contributed by atoms with van der Waals surface area (Å²) in [5, 5.41) is 2.52. The van der Waals surface area contributed by atoms with Gasteiger partial charge in [0.2, 0.25) is 0 Å². The molecule has 0 fully saturated rings. The van der Waals surface area contributed by atoms with Crippen LogP contribution in [0.5, 0.6) is 5.75 Å². The lowest BCUT2D eigenvalue weighted by Crippen LogP contribution is -2.41. The van der Waals surface area contributed by atoms with E-state index in [-0.39, 0.29) is 6.42 Å². The van der Waals surface area contributed by atoms with Crippen LogP contribution in [0.4, 0.5) is 18.9 Å². The third kappa shape index (κ3) is 2.94. The lowest BCUT2D eigenvalue weighted by molar-refractivity contribution is -0.152. The number of hydrogen-bond acceptors (Lipinski definition) is 3. The summed E-state index contributed by atoms with van der Waals surface area (Å²) in [6.07, 6.45) is -4.98. The van der Waals surface area contributed by atoms with Crippen LogP contribution in [-0.2, 0) is 4.74 Å². The van der Waals surface area contributed by atoms with Gasteiger partial charge in [0.1, 0.15) is 11.8 Å². The molecular weight excluding hydrogens is 259 g/mol. The fourth-order valence-corrected chi connectivity index (χ4v) is 2.23. The van der Waals surface area contributed by atoms with Crippen LogP contribution in [0.15, 0.2) is 18.2 Å². The number of rotatable bonds is 3. The number of hydrogen-bond donors (Lipinski definition) is 1. The first-order valence-electron chi connectivity index (χ1n) is 6.08. The maximum atomic E-state index is 12.9. The summed E-state index contributed by atoms with van der Waals surface area (Å²) in [6.45, 7) is 2.14. The first-order chi connectivity index (χ1) is 8.95. The average molecular weight is 275 g/mol. The summed E-state index contributed by atoms with van der Waals surface area (Å²) in [4.78, 5) is 0. The average Bonchev–Trinajstić information content (AvgIpc) is 2.37. The lowest BCUT2D eigenvalue weighted by atomic mass is 9.94. The van der Waals surface area contributed by atoms with Crippen molar-refractivity contribution in [3.63, 3.8) is 0 Å². The van der Waals surface area contributed by atoms with Crippen LogP contribution in [0.1, 0.15) is 25.0 Å². The first kappa shape index (κ1) is 14.0. The third-order valence-corrected chi connectivity index (χ3v) is 3.15. The standard InChI is InChI=1S/C13H16F3NO2/c1-3-19-11-7-12(13(14,15)16)17-10-5-4-8(18-2)6-9(10)11/h4-6,11-12,17H,3,7H2,1-2H3. The van der Waals surface area contributed by atoms with Crippen LogP contribution in [0, 0.1) is 0 Å². The topological polar surface area (TPSA) is 30.5 Å². The van der Waals surface area contributed by atoms with Crippen molar-refractivity contribution in [3.8, 4) is 5.75 Å². The Morgan fingerprint density at radius 1 is 1.37 bits per heavy atom. The van der Waals surface area contributed by atoms with Crippen LogP contribution >= 0.6 is 0 Å². The number of ether oxygens (including phenoxy) is 2. The maximum Gasteiger partial charge on any atom is 0.408 e. The lowest BCUT2D eigenvalue weighted by Gasteiger charge is -2.34. The van der Waals surface area contributed by atoms with Gasteiger partial charge in [-0.15, -0.1) is 0 Å². The monoisotopic (exact) mass is 275 g/mol. The Labute approximate surface area is 109 Å². The van der Waals surface area contributed by atoms with Crippen LogP contribution < -0.4 is 10.1 Å². The minimum absolute atomic E-state index is 0.127. The highest BCUT2D eigenvalue weighted by Gasteiger charge is 2.44. The molecule has 19 heavy (non-hydrogen) atoms. The van der Waals surface area contributed by atoms with Gasteiger partial charge < -0.3 is 14.8 Å². The van der Waals surface area contributed by atoms with Gasteiger partial charge in [-0.25, -0.2) is 0 Å². The molecule has 1 aromatic rings. The number of alkyl halides is 3. The second-order valence-corrected chi connectivity index (χ2v) is 4.37. The molecule has 2 rings (SSSR count). The van der Waals surface area contributed by atoms with E-state index in [0.29, 0.717) is 23.6 Å². The van der Waals surface area contributed by atoms with Gasteiger partial charge in [0.05, 0.1) is 13.2 Å². The Bertz CT molecular complexity index is 448. The predicted octanol–water partition coefficient (Wildman–Crippen LogP) is 3.52. The maximum absolute atomic E-state index is 12.9. The summed E-state index contributed by atoms with van der Waals surface area (Å²) in [5.74, 6) is 0.607. The molecule has 6 heteroatoms. The fourth-order valence-electron chi connectivity index (χ4n) is 2.23. The largest absolute Gasteiger partial charge is 0.497 e. The highest BCUT2D eigenvalue weighted by Crippen LogP contribution is 2.41. The Hall–Kier alpha value is -1.43. The summed E-state index contributed by atoms with van der Waals surface area (Å²) in [6, 6.07) is 3.37. The Balaban J connectivity index is 2.34. The molecule has 0 radical (unpaired) electrons. The van der Waals surface area contributed by atoms with E-state index in [4.69, 9.17) is 9.47 Å². The van der Waals surface area contributed by atoms with Crippen molar-refractivity contribution in [1.82, 2.24) is 0 Å². The molecule has 1 aliphatic rings. The molecule has 0 saturated heterocycles. The molecule has 106 valence electrons. The highest BCUT2D eigenvalue weighted by molar-refractivity contribution is 5.58. The number of halogens is 3. The Kier molecular flexibility index (Phi) is 3.89. The predicted molar refractivity (Wildman–Crippen MR) is 65.4 cm³/mol. The van der Waals surface area contributed by atoms with E-state index in [0.717, 1.165) is 0 Å². The molecule has 1 heterocycles. The minimum atomic E-state index is -4.28. The van der Waals surface area contributed by atoms with Crippen LogP contribution in [0.3, 0.4) is 0 Å². The molecule has 0 aromatic heterocycles. The molecule has 1 N–H and O–H groups in total. The van der Waals surface area contributed by atoms with Gasteiger partial charge >= 0.3 is 6.18 Å². The highest BCUT2D eigenvalue weighted by atomic mass is 19.4. The quantitative estimate of drug-likeness (QED) is 0.915. The van der Waals surface area contributed by atoms with Crippen molar-refractivity contribution >= 4 is 5.69 Å². The smallest absolute Gasteiger partial charge is 0.408 e. The van der Waals surface area contributed by atoms with E-state index in [1.807, 2.05) is 0 Å². The molecule has 0 spiro atoms. The number of fused-ring (bicyclic) bond motifs is 1. The molecule has 0 bridgehead atoms. The van der Waals surface area contributed by atoms with Gasteiger partial charge in [-0.1, -0.05) is 0 Å². The van der Waals surface area contributed by atoms with Crippen molar-refractivity contribution in [2.75, 3.05) is 19.0 Å². The molecule has 1 aromatic carbocycles. The molecule has 0 aliphatic carbocycles. The van der Waals surface area contributed by atoms with Crippen molar-refractivity contribution in [3.05, 3.63) is 23.8 Å². The van der Waals surface area contributed by atoms with E-state index in [1.54, 1.807) is 25.1 Å². The van der Waals surface area contributed by atoms with Crippen LogP contribution in [0.25, 0.3) is 0 Å². The van der Waals surface area contributed by atoms with Crippen LogP contribution in [0.2, 0.25) is 0 Å². The number of benzene rings is 1. The zero-order valence-electron chi connectivity index (χ0n) is 10.8. The summed E-state index contributed by atoms with van der Waals surface area (Å²) in [5.41, 5.74) is 1.16. The molecular formula is C13H16F3NO2. The van der Waals surface area contributed by atoms with E-state index < -0.39 is 18.3 Å². The SMILES string of the molecule is CCOC1CC(C(F)(F)F)Nc2ccc(OC)cc21. The van der Waals surface area contributed by atoms with Gasteiger partial charge in [0.25, 0.3) is 0 Å². The molecule has 0 saturated carbocycles. The molecule has 2 unspecified atom stereocenters. The van der Waals surface area contributed by atoms with Crippen molar-refractivity contribution in [2.45, 2.75) is 31.7 Å². The second-order valence-electron chi connectivity index (χ2n) is 4.37. The van der Waals surface area contributed by atoms with E-state index in [9.17, 15) is 13.2 Å². The molecule has 0 amide bonds. The minimum Gasteiger partial charge on any atom is -0.497 e. The molecule has 1 aliphatic heterocycles. The van der Waals surface area contributed by atoms with Gasteiger partial charge in [-0.05, 0) is 25.1 Å². The van der Waals surface area contributed by atoms with Gasteiger partial charge in [0.15, 0.2) is 0 Å². The van der Waals surface area contributed by atoms with E-state index in [1.165, 1.54) is 7.11 Å². The zero-order valence-corrected chi connectivity index (χ0v) is 10.8. The van der Waals surface area contributed by atoms with E-state index >= 15 is 0 Å². The van der Waals surface area contributed by atoms with Gasteiger partial charge in [-0.3, -0.25) is 0 Å². The van der Waals surface area contributed by atoms with Crippen molar-refractivity contribution in [1.29, 1.82) is 0 Å². The van der Waals surface area contributed by atoms with Crippen LogP contribution in [-0.4, -0.2) is 25.9 Å². The second kappa shape index (κ2) is 5.28. The first-order valence-corrected chi connectivity index (χ1v) is 6.08. The Morgan fingerprint density at radius 3 is 2.68 bits per heavy atom. The normalized spacial score (nSPS) is 22.6.